The third-order valence-corrected chi connectivity index (χ3v) is 2.75. The molecule has 1 aliphatic heterocycles. The molecule has 0 aliphatic carbocycles. The van der Waals surface area contributed by atoms with Gasteiger partial charge in [0.1, 0.15) is 0 Å². The molecule has 0 saturated carbocycles. The zero-order valence-electron chi connectivity index (χ0n) is 8.60. The van der Waals surface area contributed by atoms with Crippen LogP contribution in [0.3, 0.4) is 0 Å². The molecule has 3 nitrogen and oxygen atoms in total. The first-order valence-corrected chi connectivity index (χ1v) is 5.01. The number of nitrogens with one attached hydrogen (secondary N) is 1. The van der Waals surface area contributed by atoms with Crippen LogP contribution in [0.25, 0.3) is 6.08 Å². The molecule has 2 unspecified atom stereocenters. The zero-order chi connectivity index (χ0) is 10.8. The van der Waals surface area contributed by atoms with E-state index < -0.39 is 0 Å². The number of nitrogens with two attached hydrogens (primary N) is 1. The van der Waals surface area contributed by atoms with Gasteiger partial charge < -0.3 is 11.1 Å². The van der Waals surface area contributed by atoms with Crippen LogP contribution >= 0.6 is 0 Å². The highest BCUT2D eigenvalue weighted by atomic mass is 16.1. The van der Waals surface area contributed by atoms with E-state index in [0.29, 0.717) is 0 Å². The standard InChI is InChI=1S/C12H14N2O/c1-8(12(13)15)10-7-6-9-4-2-3-5-11(9)14-10/h2-8,10,14H,1H3,(H2,13,15). The number of carbonyl (C=O) groups is 1. The van der Waals surface area contributed by atoms with Gasteiger partial charge in [0.2, 0.25) is 5.91 Å². The summed E-state index contributed by atoms with van der Waals surface area (Å²) in [5, 5.41) is 3.29. The SMILES string of the molecule is CC(C(N)=O)C1C=Cc2ccccc2N1. The second kappa shape index (κ2) is 3.77. The summed E-state index contributed by atoms with van der Waals surface area (Å²) >= 11 is 0. The maximum atomic E-state index is 11.1. The summed E-state index contributed by atoms with van der Waals surface area (Å²) in [5.74, 6) is -0.480. The monoisotopic (exact) mass is 202 g/mol. The normalized spacial score (nSPS) is 20.2. The first-order valence-electron chi connectivity index (χ1n) is 5.01. The predicted octanol–water partition coefficient (Wildman–Crippen LogP) is 1.62. The quantitative estimate of drug-likeness (QED) is 0.765. The number of fused-ring (bicyclic) bond motifs is 1. The molecule has 1 aromatic carbocycles. The average Bonchev–Trinajstić information content (AvgIpc) is 2.27. The lowest BCUT2D eigenvalue weighted by atomic mass is 9.96. The Hall–Kier alpha value is -1.77. The van der Waals surface area contributed by atoms with Crippen LogP contribution in [0.15, 0.2) is 30.3 Å². The minimum atomic E-state index is -0.281. The van der Waals surface area contributed by atoms with Gasteiger partial charge in [-0.3, -0.25) is 4.79 Å². The molecule has 3 heteroatoms. The van der Waals surface area contributed by atoms with Crippen molar-refractivity contribution in [3.05, 3.63) is 35.9 Å². The minimum absolute atomic E-state index is 0.00241. The Morgan fingerprint density at radius 2 is 2.20 bits per heavy atom. The molecule has 0 aromatic heterocycles. The molecule has 1 amide bonds. The fourth-order valence-corrected chi connectivity index (χ4v) is 1.68. The van der Waals surface area contributed by atoms with E-state index in [2.05, 4.69) is 5.32 Å². The van der Waals surface area contributed by atoms with Gasteiger partial charge in [-0.05, 0) is 11.6 Å². The van der Waals surface area contributed by atoms with Gasteiger partial charge in [-0.2, -0.15) is 0 Å². The molecule has 78 valence electrons. The minimum Gasteiger partial charge on any atom is -0.378 e. The predicted molar refractivity (Wildman–Crippen MR) is 61.2 cm³/mol. The molecule has 1 aliphatic rings. The maximum Gasteiger partial charge on any atom is 0.222 e. The van der Waals surface area contributed by atoms with Crippen molar-refractivity contribution in [3.8, 4) is 0 Å². The van der Waals surface area contributed by atoms with Crippen LogP contribution in [0.2, 0.25) is 0 Å². The van der Waals surface area contributed by atoms with E-state index in [9.17, 15) is 4.79 Å². The molecule has 0 fully saturated rings. The Bertz CT molecular complexity index is 412. The Kier molecular flexibility index (Phi) is 2.46. The molecule has 3 N–H and O–H groups in total. The van der Waals surface area contributed by atoms with E-state index in [1.54, 1.807) is 0 Å². The summed E-state index contributed by atoms with van der Waals surface area (Å²) in [6.45, 7) is 1.83. The molecule has 0 radical (unpaired) electrons. The highest BCUT2D eigenvalue weighted by Gasteiger charge is 2.22. The topological polar surface area (TPSA) is 55.1 Å². The highest BCUT2D eigenvalue weighted by Crippen LogP contribution is 2.24. The summed E-state index contributed by atoms with van der Waals surface area (Å²) in [6.07, 6.45) is 4.01. The number of primary amides is 1. The van der Waals surface area contributed by atoms with Gasteiger partial charge in [-0.1, -0.05) is 37.3 Å². The van der Waals surface area contributed by atoms with Crippen LogP contribution < -0.4 is 11.1 Å². The van der Waals surface area contributed by atoms with E-state index in [0.717, 1.165) is 11.3 Å². The highest BCUT2D eigenvalue weighted by molar-refractivity contribution is 5.80. The summed E-state index contributed by atoms with van der Waals surface area (Å²) in [4.78, 5) is 11.1. The van der Waals surface area contributed by atoms with Gasteiger partial charge in [-0.25, -0.2) is 0 Å². The van der Waals surface area contributed by atoms with Gasteiger partial charge in [0, 0.05) is 5.69 Å². The lowest BCUT2D eigenvalue weighted by Crippen LogP contribution is -2.36. The van der Waals surface area contributed by atoms with E-state index >= 15 is 0 Å². The molecule has 2 rings (SSSR count). The average molecular weight is 202 g/mol. The molecule has 0 bridgehead atoms. The van der Waals surface area contributed by atoms with Crippen LogP contribution in [0, 0.1) is 5.92 Å². The lowest BCUT2D eigenvalue weighted by Gasteiger charge is -2.25. The largest absolute Gasteiger partial charge is 0.378 e. The molecule has 1 heterocycles. The number of amides is 1. The molecule has 15 heavy (non-hydrogen) atoms. The molecule has 0 spiro atoms. The summed E-state index contributed by atoms with van der Waals surface area (Å²) in [7, 11) is 0. The lowest BCUT2D eigenvalue weighted by molar-refractivity contribution is -0.121. The molecule has 1 aromatic rings. The van der Waals surface area contributed by atoms with E-state index in [4.69, 9.17) is 5.73 Å². The Balaban J connectivity index is 2.22. The number of para-hydroxylation sites is 1. The van der Waals surface area contributed by atoms with E-state index in [1.165, 1.54) is 0 Å². The van der Waals surface area contributed by atoms with E-state index in [-0.39, 0.29) is 17.9 Å². The number of hydrogen-bond donors (Lipinski definition) is 2. The van der Waals surface area contributed by atoms with Crippen molar-refractivity contribution in [1.29, 1.82) is 0 Å². The summed E-state index contributed by atoms with van der Waals surface area (Å²) < 4.78 is 0. The number of hydrogen-bond acceptors (Lipinski definition) is 2. The van der Waals surface area contributed by atoms with Gasteiger partial charge in [0.05, 0.1) is 12.0 Å². The fraction of sp³-hybridized carbons (Fsp3) is 0.250. The van der Waals surface area contributed by atoms with Crippen molar-refractivity contribution in [3.63, 3.8) is 0 Å². The van der Waals surface area contributed by atoms with Crippen LogP contribution in [0.1, 0.15) is 12.5 Å². The van der Waals surface area contributed by atoms with Crippen molar-refractivity contribution in [2.24, 2.45) is 11.7 Å². The van der Waals surface area contributed by atoms with Crippen LogP contribution in [0.4, 0.5) is 5.69 Å². The van der Waals surface area contributed by atoms with Crippen molar-refractivity contribution in [1.82, 2.24) is 0 Å². The van der Waals surface area contributed by atoms with Crippen molar-refractivity contribution in [2.45, 2.75) is 13.0 Å². The fourth-order valence-electron chi connectivity index (χ4n) is 1.68. The zero-order valence-corrected chi connectivity index (χ0v) is 8.60. The van der Waals surface area contributed by atoms with Crippen molar-refractivity contribution < 1.29 is 4.79 Å². The number of benzene rings is 1. The summed E-state index contributed by atoms with van der Waals surface area (Å²) in [6, 6.07) is 7.99. The van der Waals surface area contributed by atoms with E-state index in [1.807, 2.05) is 43.3 Å². The molecular weight excluding hydrogens is 188 g/mol. The van der Waals surface area contributed by atoms with Crippen LogP contribution in [-0.4, -0.2) is 11.9 Å². The van der Waals surface area contributed by atoms with Crippen molar-refractivity contribution in [2.75, 3.05) is 5.32 Å². The van der Waals surface area contributed by atoms with Gasteiger partial charge in [-0.15, -0.1) is 0 Å². The van der Waals surface area contributed by atoms with Crippen LogP contribution in [0.5, 0.6) is 0 Å². The van der Waals surface area contributed by atoms with Gasteiger partial charge >= 0.3 is 0 Å². The number of anilines is 1. The maximum absolute atomic E-state index is 11.1. The molecule has 2 atom stereocenters. The third kappa shape index (κ3) is 1.86. The summed E-state index contributed by atoms with van der Waals surface area (Å²) in [5.41, 5.74) is 7.47. The third-order valence-electron chi connectivity index (χ3n) is 2.75. The molecule has 0 saturated heterocycles. The number of rotatable bonds is 2. The second-order valence-corrected chi connectivity index (χ2v) is 3.81. The van der Waals surface area contributed by atoms with Gasteiger partial charge in [0.15, 0.2) is 0 Å². The van der Waals surface area contributed by atoms with Gasteiger partial charge in [0.25, 0.3) is 0 Å². The Morgan fingerprint density at radius 3 is 2.93 bits per heavy atom. The first kappa shape index (κ1) is 9.77. The Morgan fingerprint density at radius 1 is 1.47 bits per heavy atom. The second-order valence-electron chi connectivity index (χ2n) is 3.81. The van der Waals surface area contributed by atoms with Crippen molar-refractivity contribution >= 4 is 17.7 Å². The smallest absolute Gasteiger partial charge is 0.222 e. The Labute approximate surface area is 89.0 Å². The first-order chi connectivity index (χ1) is 7.18. The van der Waals surface area contributed by atoms with Crippen LogP contribution in [-0.2, 0) is 4.79 Å². The molecular formula is C12H14N2O. The number of carbonyl (C=O) groups excluding carboxylic acids is 1.